The summed E-state index contributed by atoms with van der Waals surface area (Å²) < 4.78 is 86.3. The van der Waals surface area contributed by atoms with Crippen LogP contribution in [0.5, 0.6) is 11.8 Å². The van der Waals surface area contributed by atoms with E-state index in [-0.39, 0.29) is 49.9 Å². The van der Waals surface area contributed by atoms with Gasteiger partial charge >= 0.3 is 6.09 Å². The normalized spacial score (nSPS) is 29.4. The Morgan fingerprint density at radius 3 is 2.47 bits per heavy atom. The van der Waals surface area contributed by atoms with E-state index in [1.54, 1.807) is 31.2 Å². The first-order chi connectivity index (χ1) is 27.2. The van der Waals surface area contributed by atoms with Crippen molar-refractivity contribution < 1.29 is 55.0 Å². The van der Waals surface area contributed by atoms with Crippen LogP contribution in [0.4, 0.5) is 18.0 Å². The lowest BCUT2D eigenvalue weighted by molar-refractivity contribution is -0.152. The molecule has 14 nitrogen and oxygen atoms in total. The fourth-order valence-corrected chi connectivity index (χ4v) is 9.15. The summed E-state index contributed by atoms with van der Waals surface area (Å²) in [7, 11) is -3.00. The third-order valence-corrected chi connectivity index (χ3v) is 14.2. The molecule has 3 N–H and O–H groups in total. The van der Waals surface area contributed by atoms with Crippen molar-refractivity contribution in [1.82, 2.24) is 25.2 Å². The molecule has 3 heterocycles. The number of pyridine rings is 1. The molecule has 0 radical (unpaired) electrons. The quantitative estimate of drug-likeness (QED) is 0.277. The number of allylic oxidation sites excluding steroid dienone is 1. The fourth-order valence-electron chi connectivity index (χ4n) is 7.72. The van der Waals surface area contributed by atoms with Crippen molar-refractivity contribution in [3.8, 4) is 11.8 Å². The second-order valence-electron chi connectivity index (χ2n) is 16.9. The summed E-state index contributed by atoms with van der Waals surface area (Å²) >= 11 is 0. The molecule has 18 heteroatoms. The van der Waals surface area contributed by atoms with Crippen LogP contribution in [0.3, 0.4) is 0 Å². The van der Waals surface area contributed by atoms with Crippen LogP contribution in [-0.4, -0.2) is 102 Å². The second-order valence-corrected chi connectivity index (χ2v) is 19.0. The number of fused-ring (bicyclic) bond motifs is 3. The molecular formula is C40H52F3N5O9S. The Hall–Kier alpha value is -4.61. The van der Waals surface area contributed by atoms with E-state index in [4.69, 9.17) is 14.2 Å². The zero-order chi connectivity index (χ0) is 42.4. The van der Waals surface area contributed by atoms with Gasteiger partial charge in [-0.15, -0.1) is 0 Å². The Kier molecular flexibility index (Phi) is 11.8. The summed E-state index contributed by atoms with van der Waals surface area (Å²) in [6.45, 7) is 5.03. The van der Waals surface area contributed by atoms with Gasteiger partial charge in [-0.3, -0.25) is 19.1 Å². The minimum atomic E-state index is -4.44. The highest BCUT2D eigenvalue weighted by Crippen LogP contribution is 2.48. The van der Waals surface area contributed by atoms with Crippen LogP contribution in [0.15, 0.2) is 42.5 Å². The van der Waals surface area contributed by atoms with Gasteiger partial charge in [-0.1, -0.05) is 44.2 Å². The number of carbonyl (C=O) groups is 4. The number of alkyl carbamates (subject to hydrolysis) is 1. The Morgan fingerprint density at radius 1 is 1.10 bits per heavy atom. The predicted octanol–water partition coefficient (Wildman–Crippen LogP) is 4.96. The lowest BCUT2D eigenvalue weighted by Crippen LogP contribution is -2.60. The van der Waals surface area contributed by atoms with Crippen LogP contribution in [0, 0.1) is 17.8 Å². The Morgan fingerprint density at radius 2 is 1.81 bits per heavy atom. The zero-order valence-corrected chi connectivity index (χ0v) is 34.3. The topological polar surface area (TPSA) is 182 Å². The van der Waals surface area contributed by atoms with Crippen LogP contribution in [-0.2, 0) is 29.1 Å². The molecule has 58 heavy (non-hydrogen) atoms. The maximum atomic E-state index is 14.8. The fraction of sp³-hybridized carbons (Fsp3) is 0.625. The lowest BCUT2D eigenvalue weighted by Gasteiger charge is -2.35. The molecule has 0 bridgehead atoms. The minimum Gasteiger partial charge on any atom is -0.481 e. The molecule has 2 aliphatic heterocycles. The largest absolute Gasteiger partial charge is 0.481 e. The number of benzene rings is 1. The second kappa shape index (κ2) is 15.9. The minimum absolute atomic E-state index is 0.0141. The number of sulfonamides is 1. The van der Waals surface area contributed by atoms with Gasteiger partial charge in [-0.2, -0.15) is 4.98 Å². The van der Waals surface area contributed by atoms with Crippen molar-refractivity contribution >= 4 is 44.6 Å². The first-order valence-corrected chi connectivity index (χ1v) is 21.0. The molecule has 0 spiro atoms. The summed E-state index contributed by atoms with van der Waals surface area (Å²) in [5.74, 6) is -6.78. The first-order valence-electron chi connectivity index (χ1n) is 19.6. The third kappa shape index (κ3) is 8.57. The van der Waals surface area contributed by atoms with E-state index in [1.165, 1.54) is 12.0 Å². The number of hydrogen-bond acceptors (Lipinski definition) is 10. The number of ether oxygens (including phenoxy) is 3. The summed E-state index contributed by atoms with van der Waals surface area (Å²) in [6.07, 6.45) is 3.03. The first kappa shape index (κ1) is 43.0. The number of hydrogen-bond donors (Lipinski definition) is 3. The van der Waals surface area contributed by atoms with Gasteiger partial charge in [0.1, 0.15) is 35.1 Å². The molecule has 7 atom stereocenters. The molecule has 1 aromatic heterocycles. The molecule has 3 fully saturated rings. The molecule has 1 saturated heterocycles. The smallest absolute Gasteiger partial charge is 0.408 e. The Labute approximate surface area is 336 Å². The molecular weight excluding hydrogens is 784 g/mol. The molecule has 6 rings (SSSR count). The molecule has 0 unspecified atom stereocenters. The zero-order valence-electron chi connectivity index (χ0n) is 33.5. The number of aromatic nitrogens is 1. The van der Waals surface area contributed by atoms with Gasteiger partial charge in [0.2, 0.25) is 33.6 Å². The number of carbonyl (C=O) groups excluding carboxylic acids is 4. The van der Waals surface area contributed by atoms with Crippen LogP contribution in [0.1, 0.15) is 79.6 Å². The molecule has 1 aromatic carbocycles. The van der Waals surface area contributed by atoms with Gasteiger partial charge in [0, 0.05) is 30.7 Å². The van der Waals surface area contributed by atoms with E-state index in [0.29, 0.717) is 31.6 Å². The van der Waals surface area contributed by atoms with E-state index in [1.807, 2.05) is 29.9 Å². The maximum absolute atomic E-state index is 14.8. The number of amides is 4. The van der Waals surface area contributed by atoms with E-state index in [9.17, 15) is 40.8 Å². The van der Waals surface area contributed by atoms with Gasteiger partial charge in [-0.25, -0.2) is 26.4 Å². The summed E-state index contributed by atoms with van der Waals surface area (Å²) in [5, 5.41) is 6.64. The van der Waals surface area contributed by atoms with Crippen LogP contribution < -0.4 is 24.8 Å². The SMILES string of the molecule is COc1cc2ccccc2c(O[C@@H]2C[C@H]3C(=O)N[C@]4(C(=O)NS(=O)(=O)C5(CF)CC5)C[C@H]4/C=C\CC[C@H](C)C[C@@H](C)[C@H](NC(=O)OC(C)(C)C(C)(F)F)C(=O)N3C2)n1. The summed E-state index contributed by atoms with van der Waals surface area (Å²) in [5.41, 5.74) is -3.97. The van der Waals surface area contributed by atoms with Gasteiger partial charge in [0.05, 0.1) is 13.7 Å². The molecule has 2 aliphatic carbocycles. The number of rotatable bonds is 10. The summed E-state index contributed by atoms with van der Waals surface area (Å²) in [4.78, 5) is 62.2. The molecule has 4 amide bonds. The van der Waals surface area contributed by atoms with Crippen LogP contribution in [0.2, 0.25) is 0 Å². The third-order valence-electron chi connectivity index (χ3n) is 12.1. The monoisotopic (exact) mass is 835 g/mol. The Bertz CT molecular complexity index is 2070. The molecule has 318 valence electrons. The van der Waals surface area contributed by atoms with Crippen molar-refractivity contribution in [3.63, 3.8) is 0 Å². The highest BCUT2D eigenvalue weighted by Gasteiger charge is 2.64. The molecule has 2 saturated carbocycles. The highest BCUT2D eigenvalue weighted by atomic mass is 32.2. The van der Waals surface area contributed by atoms with Gasteiger partial charge in [0.25, 0.3) is 11.8 Å². The van der Waals surface area contributed by atoms with Crippen molar-refractivity contribution in [2.75, 3.05) is 20.3 Å². The van der Waals surface area contributed by atoms with Crippen molar-refractivity contribution in [1.29, 1.82) is 0 Å². The average molecular weight is 836 g/mol. The van der Waals surface area contributed by atoms with Crippen molar-refractivity contribution in [2.24, 2.45) is 17.8 Å². The van der Waals surface area contributed by atoms with E-state index >= 15 is 0 Å². The van der Waals surface area contributed by atoms with Gasteiger partial charge < -0.3 is 29.7 Å². The van der Waals surface area contributed by atoms with E-state index < -0.39 is 92.3 Å². The standard InChI is InChI=1S/C40H52F3N5O9S/c1-23-11-7-9-13-26-20-40(26,35(51)47-58(53,54)39(22-41)15-16-39)46-32(49)29-19-27(56-33-28-14-10-8-12-25(28)18-30(44-33)55-6)21-48(29)34(50)31(24(2)17-23)45-36(52)57-37(3,4)38(5,42)43/h8-10,12-14,18,23-24,26-27,29,31H,7,11,15-17,19-22H2,1-6H3,(H,45,52)(H,46,49)(H,47,51)/b13-9-/t23-,24+,26+,27+,29-,31-,40+/m0/s1. The maximum Gasteiger partial charge on any atom is 0.408 e. The Balaban J connectivity index is 1.36. The van der Waals surface area contributed by atoms with Crippen molar-refractivity contribution in [2.45, 2.75) is 120 Å². The van der Waals surface area contributed by atoms with Crippen LogP contribution in [0.25, 0.3) is 10.8 Å². The number of halogens is 3. The van der Waals surface area contributed by atoms with Gasteiger partial charge in [-0.05, 0) is 75.7 Å². The number of nitrogens with one attached hydrogen (secondary N) is 3. The van der Waals surface area contributed by atoms with E-state index in [0.717, 1.165) is 19.2 Å². The van der Waals surface area contributed by atoms with Crippen molar-refractivity contribution in [3.05, 3.63) is 42.5 Å². The number of methoxy groups -OCH3 is 1. The molecule has 2 aromatic rings. The molecule has 4 aliphatic rings. The number of alkyl halides is 3. The average Bonchev–Trinajstić information content (AvgIpc) is 4.06. The van der Waals surface area contributed by atoms with E-state index in [2.05, 4.69) is 15.6 Å². The highest BCUT2D eigenvalue weighted by molar-refractivity contribution is 7.91. The lowest BCUT2D eigenvalue weighted by atomic mass is 9.88. The summed E-state index contributed by atoms with van der Waals surface area (Å²) in [6, 6.07) is 6.26. The predicted molar refractivity (Wildman–Crippen MR) is 206 cm³/mol. The van der Waals surface area contributed by atoms with Gasteiger partial charge in [0.15, 0.2) is 5.60 Å². The van der Waals surface area contributed by atoms with Crippen LogP contribution >= 0.6 is 0 Å². The number of nitrogens with zero attached hydrogens (tertiary/aromatic N) is 2.